The predicted molar refractivity (Wildman–Crippen MR) is 118 cm³/mol. The van der Waals surface area contributed by atoms with E-state index < -0.39 is 27.0 Å². The van der Waals surface area contributed by atoms with E-state index in [2.05, 4.69) is 25.0 Å². The van der Waals surface area contributed by atoms with E-state index in [0.29, 0.717) is 36.4 Å². The number of aromatic nitrogens is 3. The molecule has 13 heteroatoms. The van der Waals surface area contributed by atoms with Gasteiger partial charge in [0.15, 0.2) is 0 Å². The Bertz CT molecular complexity index is 1250. The lowest BCUT2D eigenvalue weighted by Gasteiger charge is -2.35. The van der Waals surface area contributed by atoms with Gasteiger partial charge < -0.3 is 15.0 Å². The summed E-state index contributed by atoms with van der Waals surface area (Å²) >= 11 is 0. The first-order valence-corrected chi connectivity index (χ1v) is 11.7. The number of alkyl halides is 3. The zero-order chi connectivity index (χ0) is 24.3. The number of nitrogens with one attached hydrogen (secondary N) is 1. The lowest BCUT2D eigenvalue weighted by molar-refractivity contribution is -0.275. The van der Waals surface area contributed by atoms with Gasteiger partial charge in [0.1, 0.15) is 33.9 Å². The number of halogens is 3. The van der Waals surface area contributed by atoms with Crippen molar-refractivity contribution in [1.82, 2.24) is 19.3 Å². The van der Waals surface area contributed by atoms with E-state index in [9.17, 15) is 21.6 Å². The molecule has 0 atom stereocenters. The van der Waals surface area contributed by atoms with Crippen LogP contribution in [-0.4, -0.2) is 60.2 Å². The highest BCUT2D eigenvalue weighted by molar-refractivity contribution is 7.89. The number of sulfonamides is 1. The van der Waals surface area contributed by atoms with E-state index in [1.54, 1.807) is 31.3 Å². The molecule has 4 rings (SSSR count). The molecule has 1 fully saturated rings. The Hall–Kier alpha value is -3.45. The number of piperazine rings is 1. The van der Waals surface area contributed by atoms with Crippen molar-refractivity contribution in [3.63, 3.8) is 0 Å². The number of ether oxygens (including phenoxy) is 1. The number of para-hydroxylation sites is 1. The number of rotatable bonds is 6. The number of hydrogen-bond donors (Lipinski definition) is 1. The van der Waals surface area contributed by atoms with Gasteiger partial charge in [-0.3, -0.25) is 0 Å². The lowest BCUT2D eigenvalue weighted by Crippen LogP contribution is -2.49. The van der Waals surface area contributed by atoms with E-state index in [-0.39, 0.29) is 13.1 Å². The molecule has 3 aromatic rings. The van der Waals surface area contributed by atoms with Gasteiger partial charge in [-0.2, -0.15) is 4.31 Å². The summed E-state index contributed by atoms with van der Waals surface area (Å²) in [5, 5.41) is 3.10. The number of anilines is 3. The van der Waals surface area contributed by atoms with E-state index in [1.165, 1.54) is 12.1 Å². The van der Waals surface area contributed by atoms with Gasteiger partial charge in [-0.25, -0.2) is 23.4 Å². The molecule has 0 unspecified atom stereocenters. The lowest BCUT2D eigenvalue weighted by atomic mass is 10.3. The minimum Gasteiger partial charge on any atom is -0.404 e. The molecule has 34 heavy (non-hydrogen) atoms. The Morgan fingerprint density at radius 1 is 0.971 bits per heavy atom. The van der Waals surface area contributed by atoms with Crippen molar-refractivity contribution in [3.8, 4) is 5.75 Å². The monoisotopic (exact) mass is 494 g/mol. The molecular weight excluding hydrogens is 473 g/mol. The summed E-state index contributed by atoms with van der Waals surface area (Å²) in [6, 6.07) is 11.9. The molecule has 9 nitrogen and oxygen atoms in total. The van der Waals surface area contributed by atoms with E-state index in [4.69, 9.17) is 0 Å². The molecule has 1 aromatic carbocycles. The molecule has 0 radical (unpaired) electrons. The van der Waals surface area contributed by atoms with Gasteiger partial charge in [0.2, 0.25) is 10.0 Å². The van der Waals surface area contributed by atoms with Crippen molar-refractivity contribution >= 4 is 27.5 Å². The third kappa shape index (κ3) is 5.54. The van der Waals surface area contributed by atoms with Crippen molar-refractivity contribution in [2.24, 2.45) is 0 Å². The first kappa shape index (κ1) is 23.7. The quantitative estimate of drug-likeness (QED) is 0.557. The Balaban J connectivity index is 1.49. The summed E-state index contributed by atoms with van der Waals surface area (Å²) in [5.41, 5.74) is 0. The Kier molecular flexibility index (Phi) is 6.57. The van der Waals surface area contributed by atoms with Crippen LogP contribution in [0.3, 0.4) is 0 Å². The number of nitrogens with zero attached hydrogens (tertiary/aromatic N) is 5. The third-order valence-corrected chi connectivity index (χ3v) is 6.94. The first-order chi connectivity index (χ1) is 16.1. The fraction of sp³-hybridized carbons (Fsp3) is 0.286. The Labute approximate surface area is 194 Å². The number of aryl methyl sites for hydroxylation is 1. The van der Waals surface area contributed by atoms with Crippen LogP contribution in [-0.2, 0) is 10.0 Å². The van der Waals surface area contributed by atoms with Crippen molar-refractivity contribution in [2.45, 2.75) is 18.2 Å². The largest absolute Gasteiger partial charge is 0.573 e. The molecule has 0 aliphatic carbocycles. The molecule has 3 heterocycles. The average Bonchev–Trinajstić information content (AvgIpc) is 2.79. The van der Waals surface area contributed by atoms with E-state index in [0.717, 1.165) is 16.4 Å². The summed E-state index contributed by atoms with van der Waals surface area (Å²) in [4.78, 5) is 14.4. The fourth-order valence-electron chi connectivity index (χ4n) is 3.51. The highest BCUT2D eigenvalue weighted by atomic mass is 32.2. The zero-order valence-corrected chi connectivity index (χ0v) is 18.8. The van der Waals surface area contributed by atoms with Crippen LogP contribution in [0.15, 0.2) is 59.6 Å². The number of pyridine rings is 1. The highest BCUT2D eigenvalue weighted by Gasteiger charge is 2.36. The van der Waals surface area contributed by atoms with E-state index in [1.807, 2.05) is 11.0 Å². The van der Waals surface area contributed by atoms with Crippen LogP contribution in [0.4, 0.5) is 30.6 Å². The predicted octanol–water partition coefficient (Wildman–Crippen LogP) is 3.33. The summed E-state index contributed by atoms with van der Waals surface area (Å²) < 4.78 is 69.4. The molecule has 0 amide bonds. The van der Waals surface area contributed by atoms with Crippen LogP contribution >= 0.6 is 0 Å². The molecule has 2 aromatic heterocycles. The normalized spacial score (nSPS) is 15.2. The minimum atomic E-state index is -5.00. The Morgan fingerprint density at radius 3 is 2.35 bits per heavy atom. The Morgan fingerprint density at radius 2 is 1.68 bits per heavy atom. The maximum Gasteiger partial charge on any atom is 0.573 e. The first-order valence-electron chi connectivity index (χ1n) is 10.3. The van der Waals surface area contributed by atoms with Gasteiger partial charge in [0.05, 0.1) is 0 Å². The van der Waals surface area contributed by atoms with Crippen molar-refractivity contribution < 1.29 is 26.3 Å². The maximum absolute atomic E-state index is 13.1. The third-order valence-electron chi connectivity index (χ3n) is 5.00. The second-order valence-electron chi connectivity index (χ2n) is 7.38. The van der Waals surface area contributed by atoms with Crippen LogP contribution in [0.5, 0.6) is 5.75 Å². The molecule has 180 valence electrons. The van der Waals surface area contributed by atoms with Gasteiger partial charge in [-0.1, -0.05) is 18.2 Å². The molecule has 0 spiro atoms. The molecule has 1 aliphatic rings. The molecule has 0 bridgehead atoms. The minimum absolute atomic E-state index is 0.0642. The second-order valence-corrected chi connectivity index (χ2v) is 9.29. The summed E-state index contributed by atoms with van der Waals surface area (Å²) in [6.07, 6.45) is -3.36. The van der Waals surface area contributed by atoms with Crippen molar-refractivity contribution in [2.75, 3.05) is 36.4 Å². The summed E-state index contributed by atoms with van der Waals surface area (Å²) in [7, 11) is -4.20. The molecule has 1 N–H and O–H groups in total. The molecule has 0 saturated carbocycles. The number of benzene rings is 1. The smallest absolute Gasteiger partial charge is 0.404 e. The fourth-order valence-corrected chi connectivity index (χ4v) is 5.05. The maximum atomic E-state index is 13.1. The van der Waals surface area contributed by atoms with Crippen LogP contribution in [0.25, 0.3) is 0 Å². The van der Waals surface area contributed by atoms with Crippen LogP contribution in [0.2, 0.25) is 0 Å². The SMILES string of the molecule is Cc1nc(Nc2ccccn2)cc(N2CCN(S(=O)(=O)c3ccccc3OC(F)(F)F)CC2)n1. The van der Waals surface area contributed by atoms with Gasteiger partial charge in [0.25, 0.3) is 0 Å². The van der Waals surface area contributed by atoms with Crippen molar-refractivity contribution in [3.05, 3.63) is 60.6 Å². The van der Waals surface area contributed by atoms with Gasteiger partial charge in [-0.05, 0) is 31.2 Å². The average molecular weight is 494 g/mol. The molecule has 1 saturated heterocycles. The number of hydrogen-bond acceptors (Lipinski definition) is 8. The second kappa shape index (κ2) is 9.43. The molecular formula is C21H21F3N6O3S. The van der Waals surface area contributed by atoms with Gasteiger partial charge in [0, 0.05) is 38.4 Å². The van der Waals surface area contributed by atoms with Crippen LogP contribution in [0, 0.1) is 6.92 Å². The van der Waals surface area contributed by atoms with Crippen LogP contribution < -0.4 is 15.0 Å². The summed E-state index contributed by atoms with van der Waals surface area (Å²) in [6.45, 7) is 2.46. The van der Waals surface area contributed by atoms with Crippen LogP contribution in [0.1, 0.15) is 5.82 Å². The summed E-state index contributed by atoms with van der Waals surface area (Å²) in [5.74, 6) is 1.51. The van der Waals surface area contributed by atoms with Crippen molar-refractivity contribution in [1.29, 1.82) is 0 Å². The van der Waals surface area contributed by atoms with Gasteiger partial charge in [-0.15, -0.1) is 13.2 Å². The topological polar surface area (TPSA) is 101 Å². The highest BCUT2D eigenvalue weighted by Crippen LogP contribution is 2.32. The standard InChI is InChI=1S/C21H21F3N6O3S/c1-15-26-19(28-18-8-4-5-9-25-18)14-20(27-15)29-10-12-30(13-11-29)34(31,32)17-7-3-2-6-16(17)33-21(22,23)24/h2-9,14H,10-13H2,1H3,(H,25,26,27,28). The van der Waals surface area contributed by atoms with Gasteiger partial charge >= 0.3 is 6.36 Å². The molecule has 1 aliphatic heterocycles. The van der Waals surface area contributed by atoms with E-state index >= 15 is 0 Å². The zero-order valence-electron chi connectivity index (χ0n) is 18.0.